The van der Waals surface area contributed by atoms with Gasteiger partial charge in [0.2, 0.25) is 0 Å². The first-order valence-corrected chi connectivity index (χ1v) is 12.8. The van der Waals surface area contributed by atoms with Crippen molar-refractivity contribution in [3.05, 3.63) is 46.7 Å². The number of rotatable bonds is 7. The molecule has 2 heterocycles. The minimum Gasteiger partial charge on any atom is -0.490 e. The Kier molecular flexibility index (Phi) is 9.53. The maximum absolute atomic E-state index is 6.19. The van der Waals surface area contributed by atoms with Gasteiger partial charge < -0.3 is 29.2 Å². The summed E-state index contributed by atoms with van der Waals surface area (Å²) in [4.78, 5) is 11.4. The third-order valence-electron chi connectivity index (χ3n) is 5.82. The van der Waals surface area contributed by atoms with Crippen molar-refractivity contribution in [2.24, 2.45) is 0 Å². The van der Waals surface area contributed by atoms with Gasteiger partial charge in [-0.15, -0.1) is 0 Å². The first-order chi connectivity index (χ1) is 17.1. The smallest absolute Gasteiger partial charge is 0.163 e. The second-order valence-electron chi connectivity index (χ2n) is 8.57. The molecule has 4 rings (SSSR count). The Morgan fingerprint density at radius 3 is 2.83 bits per heavy atom. The van der Waals surface area contributed by atoms with Crippen LogP contribution >= 0.6 is 15.9 Å². The van der Waals surface area contributed by atoms with Crippen molar-refractivity contribution in [2.75, 3.05) is 59.1 Å². The number of anilines is 2. The van der Waals surface area contributed by atoms with Crippen molar-refractivity contribution in [3.8, 4) is 11.5 Å². The molecular formula is C26H33BrN4O4. The molecule has 3 aromatic rings. The van der Waals surface area contributed by atoms with Crippen LogP contribution in [0, 0.1) is 0 Å². The van der Waals surface area contributed by atoms with Gasteiger partial charge in [-0.25, -0.2) is 9.97 Å². The van der Waals surface area contributed by atoms with E-state index in [1.165, 1.54) is 5.56 Å². The maximum Gasteiger partial charge on any atom is 0.163 e. The average molecular weight is 545 g/mol. The summed E-state index contributed by atoms with van der Waals surface area (Å²) in [5.41, 5.74) is 3.00. The molecule has 188 valence electrons. The minimum atomic E-state index is 0.412. The van der Waals surface area contributed by atoms with Crippen molar-refractivity contribution in [2.45, 2.75) is 25.8 Å². The molecule has 35 heavy (non-hydrogen) atoms. The zero-order chi connectivity index (χ0) is 24.5. The third kappa shape index (κ3) is 7.27. The van der Waals surface area contributed by atoms with Crippen LogP contribution in [0.4, 0.5) is 11.5 Å². The monoisotopic (exact) mass is 544 g/mol. The number of halogens is 1. The van der Waals surface area contributed by atoms with E-state index in [0.717, 1.165) is 59.2 Å². The number of methoxy groups -OCH3 is 1. The maximum atomic E-state index is 6.19. The Labute approximate surface area is 215 Å². The number of hydrogen-bond acceptors (Lipinski definition) is 8. The predicted octanol–water partition coefficient (Wildman–Crippen LogP) is 5.17. The molecule has 0 atom stereocenters. The van der Waals surface area contributed by atoms with Gasteiger partial charge in [0.1, 0.15) is 18.8 Å². The Morgan fingerprint density at radius 2 is 1.94 bits per heavy atom. The SMILES string of the molecule is COCCOCCOc1cc2ncnc3c2cc1OCCCCCN(C)Cc1ccc(Br)cc1N3. The summed E-state index contributed by atoms with van der Waals surface area (Å²) in [6, 6.07) is 10.2. The Morgan fingerprint density at radius 1 is 1.06 bits per heavy atom. The van der Waals surface area contributed by atoms with Gasteiger partial charge in [0.25, 0.3) is 0 Å². The molecule has 1 aromatic heterocycles. The summed E-state index contributed by atoms with van der Waals surface area (Å²) < 4.78 is 23.8. The van der Waals surface area contributed by atoms with Crippen LogP contribution < -0.4 is 14.8 Å². The number of nitrogens with one attached hydrogen (secondary N) is 1. The van der Waals surface area contributed by atoms with E-state index in [1.54, 1.807) is 13.4 Å². The molecule has 0 aliphatic carbocycles. The quantitative estimate of drug-likeness (QED) is 0.408. The van der Waals surface area contributed by atoms with E-state index in [9.17, 15) is 0 Å². The van der Waals surface area contributed by atoms with Gasteiger partial charge >= 0.3 is 0 Å². The lowest BCUT2D eigenvalue weighted by Crippen LogP contribution is -2.20. The highest BCUT2D eigenvalue weighted by Gasteiger charge is 2.15. The summed E-state index contributed by atoms with van der Waals surface area (Å²) in [5, 5.41) is 4.42. The summed E-state index contributed by atoms with van der Waals surface area (Å²) in [5.74, 6) is 2.07. The fraction of sp³-hybridized carbons (Fsp3) is 0.462. The van der Waals surface area contributed by atoms with Gasteiger partial charge in [-0.3, -0.25) is 0 Å². The van der Waals surface area contributed by atoms with Gasteiger partial charge in [-0.05, 0) is 56.6 Å². The van der Waals surface area contributed by atoms with E-state index in [0.29, 0.717) is 44.5 Å². The van der Waals surface area contributed by atoms with Gasteiger partial charge in [-0.2, -0.15) is 0 Å². The lowest BCUT2D eigenvalue weighted by Gasteiger charge is -2.20. The van der Waals surface area contributed by atoms with Crippen molar-refractivity contribution in [1.29, 1.82) is 0 Å². The molecule has 0 amide bonds. The predicted molar refractivity (Wildman–Crippen MR) is 141 cm³/mol. The molecule has 2 bridgehead atoms. The molecule has 1 aliphatic heterocycles. The molecular weight excluding hydrogens is 512 g/mol. The van der Waals surface area contributed by atoms with E-state index >= 15 is 0 Å². The Hall–Kier alpha value is -2.46. The van der Waals surface area contributed by atoms with E-state index in [2.05, 4.69) is 61.4 Å². The lowest BCUT2D eigenvalue weighted by molar-refractivity contribution is 0.0539. The van der Waals surface area contributed by atoms with Crippen molar-refractivity contribution >= 4 is 38.3 Å². The van der Waals surface area contributed by atoms with E-state index in [-0.39, 0.29) is 0 Å². The van der Waals surface area contributed by atoms with E-state index in [4.69, 9.17) is 18.9 Å². The first-order valence-electron chi connectivity index (χ1n) is 12.0. The number of ether oxygens (including phenoxy) is 4. The summed E-state index contributed by atoms with van der Waals surface area (Å²) in [7, 11) is 3.82. The van der Waals surface area contributed by atoms with E-state index in [1.807, 2.05) is 12.1 Å². The average Bonchev–Trinajstić information content (AvgIpc) is 2.85. The van der Waals surface area contributed by atoms with Crippen molar-refractivity contribution < 1.29 is 18.9 Å². The fourth-order valence-electron chi connectivity index (χ4n) is 3.99. The fourth-order valence-corrected chi connectivity index (χ4v) is 4.35. The standard InChI is InChI=1S/C26H33BrN4O4/c1-31-8-4-3-5-9-34-24-15-21-23(16-25(24)35-13-12-33-11-10-32-2)28-18-29-26(21)30-22-14-20(27)7-6-19(22)17-31/h6-7,14-16,18H,3-5,8-13,17H2,1-2H3,(H,28,29,30). The number of hydrogen-bond donors (Lipinski definition) is 1. The zero-order valence-corrected chi connectivity index (χ0v) is 22.0. The largest absolute Gasteiger partial charge is 0.490 e. The highest BCUT2D eigenvalue weighted by molar-refractivity contribution is 9.10. The summed E-state index contributed by atoms with van der Waals surface area (Å²) in [6.45, 7) is 4.48. The first kappa shape index (κ1) is 25.6. The van der Waals surface area contributed by atoms with Crippen LogP contribution in [-0.2, 0) is 16.0 Å². The number of aromatic nitrogens is 2. The molecule has 0 saturated carbocycles. The number of fused-ring (bicyclic) bond motifs is 2. The Balaban J connectivity index is 1.65. The molecule has 2 aromatic carbocycles. The van der Waals surface area contributed by atoms with E-state index < -0.39 is 0 Å². The van der Waals surface area contributed by atoms with Crippen LogP contribution in [-0.4, -0.2) is 68.6 Å². The molecule has 0 saturated heterocycles. The number of benzene rings is 2. The van der Waals surface area contributed by atoms with Gasteiger partial charge in [0, 0.05) is 35.3 Å². The van der Waals surface area contributed by atoms with Crippen LogP contribution in [0.2, 0.25) is 0 Å². The second kappa shape index (κ2) is 13.0. The second-order valence-corrected chi connectivity index (χ2v) is 9.48. The van der Waals surface area contributed by atoms with Crippen LogP contribution in [0.25, 0.3) is 10.9 Å². The molecule has 0 radical (unpaired) electrons. The topological polar surface area (TPSA) is 78.0 Å². The van der Waals surface area contributed by atoms with Crippen LogP contribution in [0.5, 0.6) is 11.5 Å². The molecule has 1 N–H and O–H groups in total. The third-order valence-corrected chi connectivity index (χ3v) is 6.32. The normalized spacial score (nSPS) is 15.1. The molecule has 9 heteroatoms. The minimum absolute atomic E-state index is 0.412. The molecule has 0 spiro atoms. The molecule has 1 aliphatic rings. The lowest BCUT2D eigenvalue weighted by atomic mass is 10.1. The van der Waals surface area contributed by atoms with Gasteiger partial charge in [0.05, 0.1) is 31.9 Å². The van der Waals surface area contributed by atoms with Crippen LogP contribution in [0.15, 0.2) is 41.1 Å². The van der Waals surface area contributed by atoms with Crippen LogP contribution in [0.1, 0.15) is 24.8 Å². The molecule has 0 unspecified atom stereocenters. The van der Waals surface area contributed by atoms with Crippen molar-refractivity contribution in [1.82, 2.24) is 14.9 Å². The molecule has 8 nitrogen and oxygen atoms in total. The highest BCUT2D eigenvalue weighted by Crippen LogP contribution is 2.36. The zero-order valence-electron chi connectivity index (χ0n) is 20.4. The molecule has 0 fully saturated rings. The van der Waals surface area contributed by atoms with Gasteiger partial charge in [0.15, 0.2) is 11.5 Å². The van der Waals surface area contributed by atoms with Gasteiger partial charge in [-0.1, -0.05) is 22.0 Å². The highest BCUT2D eigenvalue weighted by atomic mass is 79.9. The van der Waals surface area contributed by atoms with Crippen molar-refractivity contribution in [3.63, 3.8) is 0 Å². The summed E-state index contributed by atoms with van der Waals surface area (Å²) in [6.07, 6.45) is 4.76. The Bertz CT molecular complexity index is 1110. The van der Waals surface area contributed by atoms with Crippen LogP contribution in [0.3, 0.4) is 0 Å². The number of nitrogens with zero attached hydrogens (tertiary/aromatic N) is 3. The summed E-state index contributed by atoms with van der Waals surface area (Å²) >= 11 is 3.61.